The molecule has 15 heavy (non-hydrogen) atoms. The van der Waals surface area contributed by atoms with E-state index in [-0.39, 0.29) is 0 Å². The van der Waals surface area contributed by atoms with Crippen LogP contribution in [0.4, 0.5) is 0 Å². The van der Waals surface area contributed by atoms with Gasteiger partial charge >= 0.3 is 5.97 Å². The smallest absolute Gasteiger partial charge is 0.308 e. The molecule has 0 aliphatic heterocycles. The number of amides is 1. The van der Waals surface area contributed by atoms with Crippen molar-refractivity contribution in [3.63, 3.8) is 0 Å². The second kappa shape index (κ2) is 4.13. The Morgan fingerprint density at radius 2 is 1.87 bits per heavy atom. The lowest BCUT2D eigenvalue weighted by Gasteiger charge is -2.09. The number of nitrogens with two attached hydrogens (primary N) is 1. The molecule has 1 aromatic carbocycles. The van der Waals surface area contributed by atoms with Crippen molar-refractivity contribution >= 4 is 11.9 Å². The normalized spacial score (nSPS) is 9.80. The number of hydrogen-bond acceptors (Lipinski definition) is 3. The number of aryl methyl sites for hydroxylation is 1. The first-order valence-corrected chi connectivity index (χ1v) is 4.51. The van der Waals surface area contributed by atoms with E-state index in [2.05, 4.69) is 0 Å². The van der Waals surface area contributed by atoms with Crippen molar-refractivity contribution in [2.75, 3.05) is 0 Å². The molecule has 0 aliphatic carbocycles. The molecular weight excluding hydrogens is 194 g/mol. The molecule has 80 valence electrons. The standard InChI is InChI=1S/C11H13NO3/c1-6-4-9(11(12)14)7(2)10(5-6)15-8(3)13/h4-5H,1-3H3,(H2,12,14). The van der Waals surface area contributed by atoms with Crippen molar-refractivity contribution in [2.24, 2.45) is 5.73 Å². The van der Waals surface area contributed by atoms with Gasteiger partial charge < -0.3 is 10.5 Å². The van der Waals surface area contributed by atoms with E-state index in [1.54, 1.807) is 26.0 Å². The number of benzene rings is 1. The zero-order chi connectivity index (χ0) is 11.6. The third-order valence-electron chi connectivity index (χ3n) is 2.02. The molecule has 0 saturated carbocycles. The summed E-state index contributed by atoms with van der Waals surface area (Å²) in [6, 6.07) is 3.37. The topological polar surface area (TPSA) is 69.4 Å². The van der Waals surface area contributed by atoms with Gasteiger partial charge in [0.1, 0.15) is 5.75 Å². The van der Waals surface area contributed by atoms with Crippen LogP contribution in [0.1, 0.15) is 28.4 Å². The van der Waals surface area contributed by atoms with Crippen LogP contribution in [0.2, 0.25) is 0 Å². The molecule has 1 amide bonds. The largest absolute Gasteiger partial charge is 0.426 e. The third kappa shape index (κ3) is 2.56. The molecule has 0 heterocycles. The number of hydrogen-bond donors (Lipinski definition) is 1. The van der Waals surface area contributed by atoms with Crippen LogP contribution >= 0.6 is 0 Å². The van der Waals surface area contributed by atoms with E-state index < -0.39 is 11.9 Å². The second-order valence-electron chi connectivity index (χ2n) is 3.39. The number of rotatable bonds is 2. The van der Waals surface area contributed by atoms with E-state index in [1.165, 1.54) is 6.92 Å². The highest BCUT2D eigenvalue weighted by molar-refractivity contribution is 5.95. The van der Waals surface area contributed by atoms with Crippen molar-refractivity contribution in [1.29, 1.82) is 0 Å². The Morgan fingerprint density at radius 1 is 1.27 bits per heavy atom. The highest BCUT2D eigenvalue weighted by atomic mass is 16.5. The summed E-state index contributed by atoms with van der Waals surface area (Å²) in [5.41, 5.74) is 7.00. The Hall–Kier alpha value is -1.84. The molecule has 0 fully saturated rings. The maximum atomic E-state index is 11.1. The summed E-state index contributed by atoms with van der Waals surface area (Å²) in [6.45, 7) is 4.81. The number of carbonyl (C=O) groups excluding carboxylic acids is 2. The first-order chi connectivity index (χ1) is 6.91. The van der Waals surface area contributed by atoms with E-state index in [0.29, 0.717) is 16.9 Å². The predicted octanol–water partition coefficient (Wildman–Crippen LogP) is 1.33. The molecule has 0 radical (unpaired) electrons. The lowest BCUT2D eigenvalue weighted by Crippen LogP contribution is -2.14. The van der Waals surface area contributed by atoms with E-state index in [4.69, 9.17) is 10.5 Å². The summed E-state index contributed by atoms with van der Waals surface area (Å²) in [6.07, 6.45) is 0. The van der Waals surface area contributed by atoms with Crippen molar-refractivity contribution in [3.8, 4) is 5.75 Å². The average Bonchev–Trinajstić information content (AvgIpc) is 2.09. The molecule has 4 nitrogen and oxygen atoms in total. The zero-order valence-electron chi connectivity index (χ0n) is 8.96. The van der Waals surface area contributed by atoms with Crippen LogP contribution in [0.5, 0.6) is 5.75 Å². The maximum Gasteiger partial charge on any atom is 0.308 e. The van der Waals surface area contributed by atoms with Crippen LogP contribution in [-0.4, -0.2) is 11.9 Å². The molecule has 0 spiro atoms. The molecule has 0 saturated heterocycles. The van der Waals surface area contributed by atoms with E-state index in [9.17, 15) is 9.59 Å². The first-order valence-electron chi connectivity index (χ1n) is 4.51. The van der Waals surface area contributed by atoms with Crippen molar-refractivity contribution in [2.45, 2.75) is 20.8 Å². The van der Waals surface area contributed by atoms with Gasteiger partial charge in [0.15, 0.2) is 0 Å². The lowest BCUT2D eigenvalue weighted by atomic mass is 10.0. The van der Waals surface area contributed by atoms with Crippen LogP contribution in [0.15, 0.2) is 12.1 Å². The highest BCUT2D eigenvalue weighted by Gasteiger charge is 2.12. The minimum absolute atomic E-state index is 0.381. The summed E-state index contributed by atoms with van der Waals surface area (Å²) in [5, 5.41) is 0. The van der Waals surface area contributed by atoms with Gasteiger partial charge in [-0.05, 0) is 31.5 Å². The highest BCUT2D eigenvalue weighted by Crippen LogP contribution is 2.23. The molecule has 0 bridgehead atoms. The molecule has 4 heteroatoms. The van der Waals surface area contributed by atoms with Gasteiger partial charge in [0, 0.05) is 18.1 Å². The van der Waals surface area contributed by atoms with Crippen LogP contribution < -0.4 is 10.5 Å². The van der Waals surface area contributed by atoms with Crippen LogP contribution in [-0.2, 0) is 4.79 Å². The predicted molar refractivity (Wildman–Crippen MR) is 55.7 cm³/mol. The SMILES string of the molecule is CC(=O)Oc1cc(C)cc(C(N)=O)c1C. The monoisotopic (exact) mass is 207 g/mol. The first kappa shape index (κ1) is 11.2. The zero-order valence-corrected chi connectivity index (χ0v) is 8.96. The molecular formula is C11H13NO3. The molecule has 2 N–H and O–H groups in total. The van der Waals surface area contributed by atoms with Gasteiger partial charge in [-0.2, -0.15) is 0 Å². The van der Waals surface area contributed by atoms with Crippen molar-refractivity contribution in [1.82, 2.24) is 0 Å². The minimum Gasteiger partial charge on any atom is -0.426 e. The van der Waals surface area contributed by atoms with Gasteiger partial charge in [-0.25, -0.2) is 0 Å². The van der Waals surface area contributed by atoms with Crippen molar-refractivity contribution in [3.05, 3.63) is 28.8 Å². The van der Waals surface area contributed by atoms with Gasteiger partial charge in [-0.3, -0.25) is 9.59 Å². The van der Waals surface area contributed by atoms with E-state index >= 15 is 0 Å². The van der Waals surface area contributed by atoms with Crippen LogP contribution in [0.3, 0.4) is 0 Å². The number of ether oxygens (including phenoxy) is 1. The summed E-state index contributed by atoms with van der Waals surface area (Å²) in [4.78, 5) is 21.9. The number of esters is 1. The van der Waals surface area contributed by atoms with Crippen molar-refractivity contribution < 1.29 is 14.3 Å². The lowest BCUT2D eigenvalue weighted by molar-refractivity contribution is -0.131. The maximum absolute atomic E-state index is 11.1. The summed E-state index contributed by atoms with van der Waals surface area (Å²) < 4.78 is 4.97. The van der Waals surface area contributed by atoms with Crippen LogP contribution in [0, 0.1) is 13.8 Å². The molecule has 1 rings (SSSR count). The van der Waals surface area contributed by atoms with Gasteiger partial charge in [-0.1, -0.05) is 0 Å². The minimum atomic E-state index is -0.524. The fraction of sp³-hybridized carbons (Fsp3) is 0.273. The third-order valence-corrected chi connectivity index (χ3v) is 2.02. The Labute approximate surface area is 88.0 Å². The summed E-state index contributed by atoms with van der Waals surface area (Å²) in [5.74, 6) is -0.556. The van der Waals surface area contributed by atoms with Gasteiger partial charge in [-0.15, -0.1) is 0 Å². The Bertz CT molecular complexity index is 424. The van der Waals surface area contributed by atoms with Gasteiger partial charge in [0.05, 0.1) is 0 Å². The molecule has 0 aliphatic rings. The Kier molecular flexibility index (Phi) is 3.09. The summed E-state index contributed by atoms with van der Waals surface area (Å²) >= 11 is 0. The number of primary amides is 1. The molecule has 0 atom stereocenters. The summed E-state index contributed by atoms with van der Waals surface area (Å²) in [7, 11) is 0. The second-order valence-corrected chi connectivity index (χ2v) is 3.39. The fourth-order valence-corrected chi connectivity index (χ4v) is 1.34. The Morgan fingerprint density at radius 3 is 2.33 bits per heavy atom. The molecule has 0 unspecified atom stereocenters. The van der Waals surface area contributed by atoms with E-state index in [1.807, 2.05) is 0 Å². The molecule has 0 aromatic heterocycles. The van der Waals surface area contributed by atoms with Gasteiger partial charge in [0.25, 0.3) is 0 Å². The average molecular weight is 207 g/mol. The number of carbonyl (C=O) groups is 2. The van der Waals surface area contributed by atoms with Gasteiger partial charge in [0.2, 0.25) is 5.91 Å². The fourth-order valence-electron chi connectivity index (χ4n) is 1.34. The quantitative estimate of drug-likeness (QED) is 0.587. The van der Waals surface area contributed by atoms with Crippen LogP contribution in [0.25, 0.3) is 0 Å². The molecule has 1 aromatic rings. The Balaban J connectivity index is 3.28. The van der Waals surface area contributed by atoms with E-state index in [0.717, 1.165) is 5.56 Å².